The van der Waals surface area contributed by atoms with E-state index in [2.05, 4.69) is 10.2 Å². The van der Waals surface area contributed by atoms with E-state index in [1.807, 2.05) is 0 Å². The molecule has 0 spiro atoms. The van der Waals surface area contributed by atoms with Gasteiger partial charge in [0.15, 0.2) is 0 Å². The summed E-state index contributed by atoms with van der Waals surface area (Å²) in [5.74, 6) is -0.130. The van der Waals surface area contributed by atoms with E-state index < -0.39 is 0 Å². The van der Waals surface area contributed by atoms with Gasteiger partial charge in [-0.2, -0.15) is 0 Å². The summed E-state index contributed by atoms with van der Waals surface area (Å²) in [6.07, 6.45) is 3.04. The Bertz CT molecular complexity index is 205. The van der Waals surface area contributed by atoms with Crippen LogP contribution >= 0.6 is 0 Å². The Morgan fingerprint density at radius 3 is 2.69 bits per heavy atom. The highest BCUT2D eigenvalue weighted by Gasteiger charge is 2.52. The largest absolute Gasteiger partial charge is 0.368 e. The van der Waals surface area contributed by atoms with Crippen molar-refractivity contribution in [2.75, 3.05) is 26.2 Å². The van der Waals surface area contributed by atoms with E-state index in [0.717, 1.165) is 45.4 Å². The molecule has 1 heterocycles. The van der Waals surface area contributed by atoms with E-state index in [1.54, 1.807) is 0 Å². The highest BCUT2D eigenvalue weighted by atomic mass is 16.2. The second kappa shape index (κ2) is 3.27. The summed E-state index contributed by atoms with van der Waals surface area (Å²) in [4.78, 5) is 13.5. The summed E-state index contributed by atoms with van der Waals surface area (Å²) in [6, 6.07) is 0. The number of amides is 1. The summed E-state index contributed by atoms with van der Waals surface area (Å²) < 4.78 is 0. The molecule has 4 heteroatoms. The molecular formula is C9H17N3O. The molecule has 0 aromatic carbocycles. The molecule has 1 saturated carbocycles. The van der Waals surface area contributed by atoms with Gasteiger partial charge in [-0.1, -0.05) is 0 Å². The first-order valence-electron chi connectivity index (χ1n) is 5.01. The van der Waals surface area contributed by atoms with Crippen LogP contribution in [-0.2, 0) is 4.79 Å². The third kappa shape index (κ3) is 1.56. The van der Waals surface area contributed by atoms with Gasteiger partial charge in [0.05, 0.1) is 0 Å². The van der Waals surface area contributed by atoms with Crippen LogP contribution in [0.3, 0.4) is 0 Å². The number of hydrogen-bond donors (Lipinski definition) is 2. The van der Waals surface area contributed by atoms with Crippen molar-refractivity contribution < 1.29 is 4.79 Å². The molecule has 2 fully saturated rings. The van der Waals surface area contributed by atoms with Gasteiger partial charge in [-0.3, -0.25) is 9.69 Å². The average Bonchev–Trinajstić information content (AvgIpc) is 2.90. The van der Waals surface area contributed by atoms with Gasteiger partial charge in [-0.05, 0) is 25.8 Å². The molecule has 3 N–H and O–H groups in total. The molecule has 0 aromatic heterocycles. The van der Waals surface area contributed by atoms with Crippen LogP contribution in [0.2, 0.25) is 0 Å². The van der Waals surface area contributed by atoms with Crippen LogP contribution in [0.25, 0.3) is 0 Å². The van der Waals surface area contributed by atoms with E-state index in [4.69, 9.17) is 5.73 Å². The van der Waals surface area contributed by atoms with Crippen LogP contribution in [0, 0.1) is 0 Å². The molecule has 0 aromatic rings. The Hall–Kier alpha value is -0.610. The summed E-state index contributed by atoms with van der Waals surface area (Å²) in [6.45, 7) is 4.01. The van der Waals surface area contributed by atoms with Crippen molar-refractivity contribution in [3.63, 3.8) is 0 Å². The third-order valence-corrected chi connectivity index (χ3v) is 3.13. The maximum Gasteiger partial charge on any atom is 0.237 e. The quantitative estimate of drug-likeness (QED) is 0.595. The van der Waals surface area contributed by atoms with Crippen LogP contribution in [0.1, 0.15) is 19.3 Å². The molecule has 0 radical (unpaired) electrons. The van der Waals surface area contributed by atoms with Crippen LogP contribution in [0.15, 0.2) is 0 Å². The van der Waals surface area contributed by atoms with Gasteiger partial charge in [0.25, 0.3) is 0 Å². The van der Waals surface area contributed by atoms with E-state index in [0.29, 0.717) is 0 Å². The molecule has 74 valence electrons. The maximum absolute atomic E-state index is 11.3. The number of primary amides is 1. The van der Waals surface area contributed by atoms with Crippen LogP contribution in [0.4, 0.5) is 0 Å². The Morgan fingerprint density at radius 1 is 1.31 bits per heavy atom. The van der Waals surface area contributed by atoms with E-state index >= 15 is 0 Å². The summed E-state index contributed by atoms with van der Waals surface area (Å²) in [5, 5.41) is 3.32. The summed E-state index contributed by atoms with van der Waals surface area (Å²) in [7, 11) is 0. The minimum atomic E-state index is -0.258. The molecule has 1 saturated heterocycles. The van der Waals surface area contributed by atoms with E-state index in [-0.39, 0.29) is 11.4 Å². The molecule has 2 rings (SSSR count). The number of carbonyl (C=O) groups is 1. The zero-order valence-electron chi connectivity index (χ0n) is 7.88. The minimum Gasteiger partial charge on any atom is -0.368 e. The number of nitrogens with one attached hydrogen (secondary N) is 1. The highest BCUT2D eigenvalue weighted by molar-refractivity contribution is 5.87. The Balaban J connectivity index is 2.02. The SMILES string of the molecule is NC(=O)C1(N2CCCNCC2)CC1. The Morgan fingerprint density at radius 2 is 2.08 bits per heavy atom. The maximum atomic E-state index is 11.3. The zero-order valence-corrected chi connectivity index (χ0v) is 7.88. The fourth-order valence-electron chi connectivity index (χ4n) is 2.11. The van der Waals surface area contributed by atoms with Crippen molar-refractivity contribution in [3.05, 3.63) is 0 Å². The lowest BCUT2D eigenvalue weighted by atomic mass is 10.2. The molecule has 0 bridgehead atoms. The fourth-order valence-corrected chi connectivity index (χ4v) is 2.11. The van der Waals surface area contributed by atoms with E-state index in [9.17, 15) is 4.79 Å². The van der Waals surface area contributed by atoms with Gasteiger partial charge in [0.2, 0.25) is 5.91 Å². The molecule has 4 nitrogen and oxygen atoms in total. The van der Waals surface area contributed by atoms with Crippen molar-refractivity contribution in [3.8, 4) is 0 Å². The van der Waals surface area contributed by atoms with Gasteiger partial charge in [-0.15, -0.1) is 0 Å². The first-order valence-corrected chi connectivity index (χ1v) is 5.01. The third-order valence-electron chi connectivity index (χ3n) is 3.13. The second-order valence-corrected chi connectivity index (χ2v) is 3.99. The van der Waals surface area contributed by atoms with Crippen molar-refractivity contribution in [1.82, 2.24) is 10.2 Å². The van der Waals surface area contributed by atoms with Crippen molar-refractivity contribution >= 4 is 5.91 Å². The van der Waals surface area contributed by atoms with Crippen LogP contribution < -0.4 is 11.1 Å². The van der Waals surface area contributed by atoms with Gasteiger partial charge in [0.1, 0.15) is 5.54 Å². The number of nitrogens with two attached hydrogens (primary N) is 1. The smallest absolute Gasteiger partial charge is 0.237 e. The van der Waals surface area contributed by atoms with Crippen molar-refractivity contribution in [2.45, 2.75) is 24.8 Å². The first-order chi connectivity index (χ1) is 6.26. The molecule has 1 amide bonds. The molecule has 2 aliphatic rings. The van der Waals surface area contributed by atoms with Crippen molar-refractivity contribution in [2.24, 2.45) is 5.73 Å². The van der Waals surface area contributed by atoms with Gasteiger partial charge in [-0.25, -0.2) is 0 Å². The lowest BCUT2D eigenvalue weighted by molar-refractivity contribution is -0.124. The molecule has 0 unspecified atom stereocenters. The monoisotopic (exact) mass is 183 g/mol. The van der Waals surface area contributed by atoms with Gasteiger partial charge < -0.3 is 11.1 Å². The van der Waals surface area contributed by atoms with Crippen molar-refractivity contribution in [1.29, 1.82) is 0 Å². The normalized spacial score (nSPS) is 28.0. The Kier molecular flexibility index (Phi) is 2.26. The lowest BCUT2D eigenvalue weighted by Crippen LogP contribution is -2.48. The summed E-state index contributed by atoms with van der Waals surface area (Å²) in [5.41, 5.74) is 5.16. The standard InChI is InChI=1S/C9H17N3O/c10-8(13)9(2-3-9)12-6-1-4-11-5-7-12/h11H,1-7H2,(H2,10,13). The predicted octanol–water partition coefficient (Wildman–Crippen LogP) is -0.700. The van der Waals surface area contributed by atoms with E-state index in [1.165, 1.54) is 0 Å². The van der Waals surface area contributed by atoms with Crippen LogP contribution in [-0.4, -0.2) is 42.5 Å². The number of nitrogens with zero attached hydrogens (tertiary/aromatic N) is 1. The fraction of sp³-hybridized carbons (Fsp3) is 0.889. The summed E-state index contributed by atoms with van der Waals surface area (Å²) >= 11 is 0. The second-order valence-electron chi connectivity index (χ2n) is 3.99. The number of rotatable bonds is 2. The molecule has 1 aliphatic carbocycles. The average molecular weight is 183 g/mol. The zero-order chi connectivity index (χ0) is 9.31. The van der Waals surface area contributed by atoms with Gasteiger partial charge >= 0.3 is 0 Å². The molecular weight excluding hydrogens is 166 g/mol. The molecule has 0 atom stereocenters. The van der Waals surface area contributed by atoms with Gasteiger partial charge in [0, 0.05) is 19.6 Å². The first kappa shape index (κ1) is 8.97. The highest BCUT2D eigenvalue weighted by Crippen LogP contribution is 2.41. The number of hydrogen-bond acceptors (Lipinski definition) is 3. The lowest BCUT2D eigenvalue weighted by Gasteiger charge is -2.27. The topological polar surface area (TPSA) is 58.4 Å². The molecule has 13 heavy (non-hydrogen) atoms. The molecule has 1 aliphatic heterocycles. The minimum absolute atomic E-state index is 0.130. The Labute approximate surface area is 78.5 Å². The van der Waals surface area contributed by atoms with Crippen LogP contribution in [0.5, 0.6) is 0 Å². The number of carbonyl (C=O) groups excluding carboxylic acids is 1. The predicted molar refractivity (Wildman–Crippen MR) is 50.2 cm³/mol.